The van der Waals surface area contributed by atoms with Crippen molar-refractivity contribution in [3.8, 4) is 0 Å². The zero-order valence-electron chi connectivity index (χ0n) is 10.9. The molecule has 0 bridgehead atoms. The molecule has 1 aromatic carbocycles. The number of hydrogen-bond acceptors (Lipinski definition) is 4. The van der Waals surface area contributed by atoms with Crippen LogP contribution < -0.4 is 10.2 Å². The number of para-hydroxylation sites is 2. The summed E-state index contributed by atoms with van der Waals surface area (Å²) in [6.45, 7) is 2.00. The Morgan fingerprint density at radius 3 is 2.84 bits per heavy atom. The Morgan fingerprint density at radius 1 is 1.26 bits per heavy atom. The van der Waals surface area contributed by atoms with Crippen molar-refractivity contribution in [2.75, 3.05) is 18.0 Å². The molecule has 0 saturated carbocycles. The van der Waals surface area contributed by atoms with Crippen molar-refractivity contribution in [1.82, 2.24) is 5.32 Å². The van der Waals surface area contributed by atoms with Crippen LogP contribution in [0.15, 0.2) is 24.3 Å². The Morgan fingerprint density at radius 2 is 2.11 bits per heavy atom. The van der Waals surface area contributed by atoms with Crippen LogP contribution in [0.25, 0.3) is 0 Å². The minimum atomic E-state index is -0.271. The third-order valence-corrected chi connectivity index (χ3v) is 4.25. The van der Waals surface area contributed by atoms with Crippen molar-refractivity contribution >= 4 is 11.4 Å². The Kier molecular flexibility index (Phi) is 3.38. The summed E-state index contributed by atoms with van der Waals surface area (Å²) in [6, 6.07) is 8.00. The number of nitrogens with zero attached hydrogens (tertiary/aromatic N) is 2. The smallest absolute Gasteiger partial charge is 0.292 e. The van der Waals surface area contributed by atoms with Gasteiger partial charge in [-0.15, -0.1) is 0 Å². The SMILES string of the molecule is O=[N+]([O-])c1ccccc1N1CCCC1C1CCCN1. The van der Waals surface area contributed by atoms with Crippen molar-refractivity contribution in [3.05, 3.63) is 34.4 Å². The van der Waals surface area contributed by atoms with Crippen LogP contribution in [-0.2, 0) is 0 Å². The molecule has 102 valence electrons. The third-order valence-electron chi connectivity index (χ3n) is 4.25. The molecule has 1 aromatic rings. The van der Waals surface area contributed by atoms with Crippen LogP contribution in [0.2, 0.25) is 0 Å². The molecule has 2 fully saturated rings. The minimum absolute atomic E-state index is 0.229. The Labute approximate surface area is 112 Å². The van der Waals surface area contributed by atoms with E-state index in [-0.39, 0.29) is 10.6 Å². The van der Waals surface area contributed by atoms with Gasteiger partial charge >= 0.3 is 0 Å². The molecule has 2 saturated heterocycles. The first kappa shape index (κ1) is 12.4. The second-order valence-electron chi connectivity index (χ2n) is 5.35. The number of nitro benzene ring substituents is 1. The van der Waals surface area contributed by atoms with Crippen molar-refractivity contribution < 1.29 is 4.92 Å². The Bertz CT molecular complexity index is 472. The number of anilines is 1. The molecule has 0 spiro atoms. The summed E-state index contributed by atoms with van der Waals surface area (Å²) in [7, 11) is 0. The molecule has 2 atom stereocenters. The topological polar surface area (TPSA) is 58.4 Å². The Hall–Kier alpha value is -1.62. The van der Waals surface area contributed by atoms with Crippen molar-refractivity contribution in [2.24, 2.45) is 0 Å². The molecule has 5 heteroatoms. The van der Waals surface area contributed by atoms with Crippen molar-refractivity contribution in [2.45, 2.75) is 37.8 Å². The number of hydrogen-bond donors (Lipinski definition) is 1. The molecule has 0 aliphatic carbocycles. The van der Waals surface area contributed by atoms with Gasteiger partial charge < -0.3 is 10.2 Å². The van der Waals surface area contributed by atoms with Crippen LogP contribution in [-0.4, -0.2) is 30.1 Å². The normalized spacial score (nSPS) is 26.8. The summed E-state index contributed by atoms with van der Waals surface area (Å²) < 4.78 is 0. The lowest BCUT2D eigenvalue weighted by atomic mass is 10.0. The van der Waals surface area contributed by atoms with Gasteiger partial charge in [0, 0.05) is 24.7 Å². The summed E-state index contributed by atoms with van der Waals surface area (Å²) in [6.07, 6.45) is 4.65. The highest BCUT2D eigenvalue weighted by Crippen LogP contribution is 2.35. The van der Waals surface area contributed by atoms with Crippen LogP contribution in [0.4, 0.5) is 11.4 Å². The van der Waals surface area contributed by atoms with E-state index >= 15 is 0 Å². The fraction of sp³-hybridized carbons (Fsp3) is 0.571. The molecule has 1 N–H and O–H groups in total. The molecule has 3 rings (SSSR count). The average Bonchev–Trinajstić information content (AvgIpc) is 3.09. The Balaban J connectivity index is 1.90. The lowest BCUT2D eigenvalue weighted by molar-refractivity contribution is -0.384. The summed E-state index contributed by atoms with van der Waals surface area (Å²) >= 11 is 0. The van der Waals surface area contributed by atoms with Gasteiger partial charge in [-0.25, -0.2) is 0 Å². The number of nitrogens with one attached hydrogen (secondary N) is 1. The van der Waals surface area contributed by atoms with E-state index in [1.54, 1.807) is 12.1 Å². The molecule has 0 amide bonds. The highest BCUT2D eigenvalue weighted by molar-refractivity contribution is 5.64. The fourth-order valence-electron chi connectivity index (χ4n) is 3.41. The largest absolute Gasteiger partial charge is 0.361 e. The summed E-state index contributed by atoms with van der Waals surface area (Å²) in [5, 5.41) is 14.7. The maximum absolute atomic E-state index is 11.2. The van der Waals surface area contributed by atoms with E-state index < -0.39 is 0 Å². The molecule has 2 aliphatic rings. The summed E-state index contributed by atoms with van der Waals surface area (Å²) in [4.78, 5) is 13.1. The van der Waals surface area contributed by atoms with Crippen LogP contribution in [0.1, 0.15) is 25.7 Å². The van der Waals surface area contributed by atoms with Gasteiger partial charge in [-0.05, 0) is 38.3 Å². The van der Waals surface area contributed by atoms with E-state index in [0.29, 0.717) is 12.1 Å². The molecule has 5 nitrogen and oxygen atoms in total. The van der Waals surface area contributed by atoms with Gasteiger partial charge in [-0.2, -0.15) is 0 Å². The van der Waals surface area contributed by atoms with E-state index in [4.69, 9.17) is 0 Å². The first-order valence-corrected chi connectivity index (χ1v) is 7.01. The average molecular weight is 261 g/mol. The number of benzene rings is 1. The highest BCUT2D eigenvalue weighted by Gasteiger charge is 2.35. The third kappa shape index (κ3) is 2.30. The van der Waals surface area contributed by atoms with Crippen LogP contribution in [0, 0.1) is 10.1 Å². The number of rotatable bonds is 3. The van der Waals surface area contributed by atoms with Gasteiger partial charge in [0.1, 0.15) is 5.69 Å². The molecule has 2 heterocycles. The van der Waals surface area contributed by atoms with Crippen LogP contribution >= 0.6 is 0 Å². The van der Waals surface area contributed by atoms with E-state index in [1.165, 1.54) is 12.8 Å². The zero-order chi connectivity index (χ0) is 13.2. The summed E-state index contributed by atoms with van der Waals surface area (Å²) in [5.41, 5.74) is 1.01. The van der Waals surface area contributed by atoms with E-state index in [2.05, 4.69) is 10.2 Å². The van der Waals surface area contributed by atoms with Crippen molar-refractivity contribution in [1.29, 1.82) is 0 Å². The van der Waals surface area contributed by atoms with Gasteiger partial charge in [0.2, 0.25) is 0 Å². The highest BCUT2D eigenvalue weighted by atomic mass is 16.6. The van der Waals surface area contributed by atoms with E-state index in [0.717, 1.165) is 31.6 Å². The van der Waals surface area contributed by atoms with Crippen molar-refractivity contribution in [3.63, 3.8) is 0 Å². The van der Waals surface area contributed by atoms with Gasteiger partial charge in [0.05, 0.1) is 4.92 Å². The second kappa shape index (κ2) is 5.17. The fourth-order valence-corrected chi connectivity index (χ4v) is 3.41. The van der Waals surface area contributed by atoms with E-state index in [9.17, 15) is 10.1 Å². The van der Waals surface area contributed by atoms with Gasteiger partial charge in [-0.3, -0.25) is 10.1 Å². The standard InChI is InChI=1S/C14H19N3O2/c18-17(19)14-7-2-1-6-13(14)16-10-4-8-12(16)11-5-3-9-15-11/h1-2,6-7,11-12,15H,3-5,8-10H2. The maximum Gasteiger partial charge on any atom is 0.292 e. The minimum Gasteiger partial charge on any atom is -0.361 e. The zero-order valence-corrected chi connectivity index (χ0v) is 10.9. The quantitative estimate of drug-likeness (QED) is 0.670. The number of nitro groups is 1. The maximum atomic E-state index is 11.2. The predicted octanol–water partition coefficient (Wildman–Crippen LogP) is 2.32. The van der Waals surface area contributed by atoms with Crippen LogP contribution in [0.5, 0.6) is 0 Å². The lowest BCUT2D eigenvalue weighted by Gasteiger charge is -2.31. The first-order chi connectivity index (χ1) is 9.27. The molecule has 19 heavy (non-hydrogen) atoms. The summed E-state index contributed by atoms with van der Waals surface area (Å²) in [5.74, 6) is 0. The molecular weight excluding hydrogens is 242 g/mol. The van der Waals surface area contributed by atoms with E-state index in [1.807, 2.05) is 12.1 Å². The molecule has 2 aliphatic heterocycles. The second-order valence-corrected chi connectivity index (χ2v) is 5.35. The molecule has 0 radical (unpaired) electrons. The van der Waals surface area contributed by atoms with Crippen LogP contribution in [0.3, 0.4) is 0 Å². The molecule has 2 unspecified atom stereocenters. The molecular formula is C14H19N3O2. The molecule has 0 aromatic heterocycles. The lowest BCUT2D eigenvalue weighted by Crippen LogP contribution is -2.44. The van der Waals surface area contributed by atoms with Gasteiger partial charge in [0.15, 0.2) is 0 Å². The predicted molar refractivity (Wildman–Crippen MR) is 74.5 cm³/mol. The van der Waals surface area contributed by atoms with Gasteiger partial charge in [-0.1, -0.05) is 12.1 Å². The first-order valence-electron chi connectivity index (χ1n) is 7.01. The van der Waals surface area contributed by atoms with Gasteiger partial charge in [0.25, 0.3) is 5.69 Å². The monoisotopic (exact) mass is 261 g/mol.